The molecule has 2 N–H and O–H groups in total. The molecular formula is C12H9Br2N3. The van der Waals surface area contributed by atoms with Gasteiger partial charge in [0, 0.05) is 14.6 Å². The van der Waals surface area contributed by atoms with Gasteiger partial charge in [-0.05, 0) is 56.1 Å². The fourth-order valence-electron chi connectivity index (χ4n) is 1.28. The van der Waals surface area contributed by atoms with Crippen LogP contribution in [0.5, 0.6) is 0 Å². The first-order valence-electron chi connectivity index (χ1n) is 4.88. The summed E-state index contributed by atoms with van der Waals surface area (Å²) in [5.41, 5.74) is 7.91. The van der Waals surface area contributed by atoms with Gasteiger partial charge in [0.15, 0.2) is 0 Å². The first-order chi connectivity index (χ1) is 8.16. The molecule has 0 fully saturated rings. The third-order valence-electron chi connectivity index (χ3n) is 2.06. The molecule has 2 rings (SSSR count). The molecule has 0 aliphatic rings. The van der Waals surface area contributed by atoms with E-state index in [1.807, 2.05) is 30.3 Å². The average molecular weight is 355 g/mol. The highest BCUT2D eigenvalue weighted by molar-refractivity contribution is 9.11. The molecule has 0 saturated heterocycles. The maximum absolute atomic E-state index is 5.70. The van der Waals surface area contributed by atoms with Gasteiger partial charge in [-0.25, -0.2) is 0 Å². The van der Waals surface area contributed by atoms with E-state index >= 15 is 0 Å². The minimum absolute atomic E-state index is 0.669. The minimum Gasteiger partial charge on any atom is -0.399 e. The lowest BCUT2D eigenvalue weighted by atomic mass is 10.3. The highest BCUT2D eigenvalue weighted by Crippen LogP contribution is 2.36. The van der Waals surface area contributed by atoms with Crippen molar-refractivity contribution in [3.05, 3.63) is 51.4 Å². The Morgan fingerprint density at radius 1 is 0.882 bits per heavy atom. The van der Waals surface area contributed by atoms with Crippen molar-refractivity contribution in [1.82, 2.24) is 0 Å². The number of benzene rings is 2. The number of nitrogens with zero attached hydrogens (tertiary/aromatic N) is 2. The standard InChI is InChI=1S/C12H9Br2N3/c13-10-6-8(15)7-11(14)12(10)17-16-9-4-2-1-3-5-9/h1-7H,15H2. The Kier molecular flexibility index (Phi) is 3.91. The second-order valence-corrected chi connectivity index (χ2v) is 5.08. The van der Waals surface area contributed by atoms with Crippen molar-refractivity contribution in [2.24, 2.45) is 10.2 Å². The highest BCUT2D eigenvalue weighted by atomic mass is 79.9. The largest absolute Gasteiger partial charge is 0.399 e. The lowest BCUT2D eigenvalue weighted by molar-refractivity contribution is 1.22. The molecule has 0 radical (unpaired) electrons. The SMILES string of the molecule is Nc1cc(Br)c(N=Nc2ccccc2)c(Br)c1. The smallest absolute Gasteiger partial charge is 0.114 e. The van der Waals surface area contributed by atoms with Crippen LogP contribution in [0.2, 0.25) is 0 Å². The van der Waals surface area contributed by atoms with Crippen LogP contribution in [0.15, 0.2) is 61.6 Å². The number of rotatable bonds is 2. The van der Waals surface area contributed by atoms with Crippen molar-refractivity contribution in [2.45, 2.75) is 0 Å². The summed E-state index contributed by atoms with van der Waals surface area (Å²) in [6, 6.07) is 13.1. The van der Waals surface area contributed by atoms with Crippen LogP contribution in [0.1, 0.15) is 0 Å². The number of halogens is 2. The molecular weight excluding hydrogens is 346 g/mol. The Balaban J connectivity index is 2.34. The molecule has 2 aromatic rings. The first kappa shape index (κ1) is 12.3. The van der Waals surface area contributed by atoms with Crippen LogP contribution >= 0.6 is 31.9 Å². The Morgan fingerprint density at radius 2 is 1.47 bits per heavy atom. The van der Waals surface area contributed by atoms with E-state index in [1.54, 1.807) is 12.1 Å². The third kappa shape index (κ3) is 3.14. The zero-order chi connectivity index (χ0) is 12.3. The quantitative estimate of drug-likeness (QED) is 0.584. The second-order valence-electron chi connectivity index (χ2n) is 3.37. The van der Waals surface area contributed by atoms with Gasteiger partial charge in [-0.1, -0.05) is 18.2 Å². The minimum atomic E-state index is 0.669. The van der Waals surface area contributed by atoms with E-state index in [1.165, 1.54) is 0 Å². The molecule has 0 atom stereocenters. The lowest BCUT2D eigenvalue weighted by Crippen LogP contribution is -1.84. The topological polar surface area (TPSA) is 50.7 Å². The fourth-order valence-corrected chi connectivity index (χ4v) is 2.66. The summed E-state index contributed by atoms with van der Waals surface area (Å²) < 4.78 is 1.62. The zero-order valence-corrected chi connectivity index (χ0v) is 11.9. The van der Waals surface area contributed by atoms with Crippen molar-refractivity contribution in [3.63, 3.8) is 0 Å². The van der Waals surface area contributed by atoms with Crippen LogP contribution in [-0.2, 0) is 0 Å². The van der Waals surface area contributed by atoms with Gasteiger partial charge in [-0.3, -0.25) is 0 Å². The van der Waals surface area contributed by atoms with E-state index in [2.05, 4.69) is 42.1 Å². The lowest BCUT2D eigenvalue weighted by Gasteiger charge is -2.02. The van der Waals surface area contributed by atoms with E-state index in [9.17, 15) is 0 Å². The Labute approximate surface area is 116 Å². The number of nitrogens with two attached hydrogens (primary N) is 1. The average Bonchev–Trinajstić information content (AvgIpc) is 2.29. The molecule has 0 saturated carbocycles. The van der Waals surface area contributed by atoms with Gasteiger partial charge in [0.2, 0.25) is 0 Å². The highest BCUT2D eigenvalue weighted by Gasteiger charge is 2.05. The summed E-state index contributed by atoms with van der Waals surface area (Å²) in [7, 11) is 0. The maximum Gasteiger partial charge on any atom is 0.114 e. The van der Waals surface area contributed by atoms with Gasteiger partial charge in [0.1, 0.15) is 5.69 Å². The molecule has 0 bridgehead atoms. The van der Waals surface area contributed by atoms with E-state index in [0.29, 0.717) is 5.69 Å². The molecule has 0 heterocycles. The van der Waals surface area contributed by atoms with Gasteiger partial charge in [-0.15, -0.1) is 5.11 Å². The van der Waals surface area contributed by atoms with Crippen LogP contribution < -0.4 is 5.73 Å². The number of anilines is 1. The van der Waals surface area contributed by atoms with Crippen molar-refractivity contribution in [2.75, 3.05) is 5.73 Å². The first-order valence-corrected chi connectivity index (χ1v) is 6.47. The van der Waals surface area contributed by atoms with Crippen LogP contribution in [0.25, 0.3) is 0 Å². The molecule has 0 aromatic heterocycles. The maximum atomic E-state index is 5.70. The molecule has 0 unspecified atom stereocenters. The van der Waals surface area contributed by atoms with Crippen molar-refractivity contribution < 1.29 is 0 Å². The van der Waals surface area contributed by atoms with E-state index in [-0.39, 0.29) is 0 Å². The molecule has 17 heavy (non-hydrogen) atoms. The summed E-state index contributed by atoms with van der Waals surface area (Å²) in [5.74, 6) is 0. The van der Waals surface area contributed by atoms with Crippen LogP contribution in [0.4, 0.5) is 17.1 Å². The third-order valence-corrected chi connectivity index (χ3v) is 3.27. The predicted molar refractivity (Wildman–Crippen MR) is 76.9 cm³/mol. The number of hydrogen-bond donors (Lipinski definition) is 1. The summed E-state index contributed by atoms with van der Waals surface area (Å²) in [6.07, 6.45) is 0. The molecule has 2 aromatic carbocycles. The summed E-state index contributed by atoms with van der Waals surface area (Å²) in [4.78, 5) is 0. The van der Waals surface area contributed by atoms with Crippen LogP contribution in [0, 0.1) is 0 Å². The molecule has 0 aliphatic heterocycles. The summed E-state index contributed by atoms with van der Waals surface area (Å²) in [5, 5.41) is 8.34. The summed E-state index contributed by atoms with van der Waals surface area (Å²) in [6.45, 7) is 0. The second kappa shape index (κ2) is 5.42. The van der Waals surface area contributed by atoms with Crippen molar-refractivity contribution in [3.8, 4) is 0 Å². The Morgan fingerprint density at radius 3 is 2.06 bits per heavy atom. The molecule has 0 aliphatic carbocycles. The van der Waals surface area contributed by atoms with Crippen LogP contribution in [0.3, 0.4) is 0 Å². The normalized spacial score (nSPS) is 10.9. The van der Waals surface area contributed by atoms with Crippen LogP contribution in [-0.4, -0.2) is 0 Å². The van der Waals surface area contributed by atoms with Gasteiger partial charge in [0.25, 0.3) is 0 Å². The van der Waals surface area contributed by atoms with E-state index in [0.717, 1.165) is 20.3 Å². The van der Waals surface area contributed by atoms with Crippen molar-refractivity contribution in [1.29, 1.82) is 0 Å². The van der Waals surface area contributed by atoms with Gasteiger partial charge in [-0.2, -0.15) is 5.11 Å². The predicted octanol–water partition coefficient (Wildman–Crippen LogP) is 5.21. The molecule has 0 spiro atoms. The zero-order valence-electron chi connectivity index (χ0n) is 8.77. The number of azo groups is 1. The molecule has 3 nitrogen and oxygen atoms in total. The van der Waals surface area contributed by atoms with Crippen molar-refractivity contribution >= 4 is 48.9 Å². The summed E-state index contributed by atoms with van der Waals surface area (Å²) >= 11 is 6.82. The Bertz CT molecular complexity index is 530. The molecule has 86 valence electrons. The molecule has 5 heteroatoms. The fraction of sp³-hybridized carbons (Fsp3) is 0. The number of hydrogen-bond acceptors (Lipinski definition) is 3. The Hall–Kier alpha value is -1.20. The van der Waals surface area contributed by atoms with Gasteiger partial charge >= 0.3 is 0 Å². The molecule has 0 amide bonds. The monoisotopic (exact) mass is 353 g/mol. The van der Waals surface area contributed by atoms with Gasteiger partial charge < -0.3 is 5.73 Å². The van der Waals surface area contributed by atoms with Gasteiger partial charge in [0.05, 0.1) is 5.69 Å². The van der Waals surface area contributed by atoms with E-state index < -0.39 is 0 Å². The number of nitrogen functional groups attached to an aromatic ring is 1. The van der Waals surface area contributed by atoms with E-state index in [4.69, 9.17) is 5.73 Å².